The molecule has 0 N–H and O–H groups in total. The molecule has 2 fully saturated rings. The quantitative estimate of drug-likeness (QED) is 0.585. The molecule has 2 bridgehead atoms. The molecule has 3 nitrogen and oxygen atoms in total. The highest BCUT2D eigenvalue weighted by Crippen LogP contribution is 2.62. The van der Waals surface area contributed by atoms with Crippen molar-refractivity contribution in [2.45, 2.75) is 32.1 Å². The van der Waals surface area contributed by atoms with Crippen LogP contribution in [0.3, 0.4) is 0 Å². The van der Waals surface area contributed by atoms with Crippen LogP contribution in [0.25, 0.3) is 0 Å². The molecule has 0 atom stereocenters. The summed E-state index contributed by atoms with van der Waals surface area (Å²) >= 11 is 3.23. The van der Waals surface area contributed by atoms with Crippen LogP contribution in [0.1, 0.15) is 32.1 Å². The number of carbonyl (C=O) groups is 2. The molecule has 0 aromatic heterocycles. The van der Waals surface area contributed by atoms with Gasteiger partial charge in [-0.3, -0.25) is 9.59 Å². The van der Waals surface area contributed by atoms with Gasteiger partial charge in [0.2, 0.25) is 0 Å². The number of carbonyl (C=O) groups excluding carboxylic acids is 2. The number of alkyl halides is 1. The van der Waals surface area contributed by atoms with Crippen LogP contribution >= 0.6 is 15.9 Å². The van der Waals surface area contributed by atoms with E-state index in [2.05, 4.69) is 15.9 Å². The zero-order chi connectivity index (χ0) is 11.1. The third kappa shape index (κ3) is 1.45. The second kappa shape index (κ2) is 3.58. The minimum atomic E-state index is -0.341. The van der Waals surface area contributed by atoms with Crippen molar-refractivity contribution in [1.29, 1.82) is 0 Å². The first kappa shape index (κ1) is 11.1. The summed E-state index contributed by atoms with van der Waals surface area (Å²) in [6.45, 7) is 0. The Hall–Kier alpha value is -0.380. The van der Waals surface area contributed by atoms with Crippen molar-refractivity contribution in [3.8, 4) is 0 Å². The van der Waals surface area contributed by atoms with E-state index in [0.29, 0.717) is 11.8 Å². The van der Waals surface area contributed by atoms with E-state index in [4.69, 9.17) is 4.74 Å². The van der Waals surface area contributed by atoms with Gasteiger partial charge in [-0.25, -0.2) is 0 Å². The van der Waals surface area contributed by atoms with Crippen LogP contribution in [-0.4, -0.2) is 24.2 Å². The number of hydrogen-bond acceptors (Lipinski definition) is 3. The normalized spacial score (nSPS) is 38.0. The van der Waals surface area contributed by atoms with Gasteiger partial charge in [0.05, 0.1) is 17.9 Å². The number of esters is 1. The van der Waals surface area contributed by atoms with Crippen LogP contribution < -0.4 is 0 Å². The molecule has 0 radical (unpaired) electrons. The van der Waals surface area contributed by atoms with E-state index in [1.54, 1.807) is 0 Å². The summed E-state index contributed by atoms with van der Waals surface area (Å²) in [6, 6.07) is 0. The molecular weight excluding hydrogens is 260 g/mol. The molecular formula is C11H15BrO3. The number of methoxy groups -OCH3 is 1. The molecule has 2 aliphatic carbocycles. The van der Waals surface area contributed by atoms with E-state index < -0.39 is 0 Å². The van der Waals surface area contributed by atoms with Crippen molar-refractivity contribution in [3.05, 3.63) is 0 Å². The molecule has 84 valence electrons. The molecule has 15 heavy (non-hydrogen) atoms. The average molecular weight is 275 g/mol. The van der Waals surface area contributed by atoms with E-state index in [0.717, 1.165) is 25.7 Å². The molecule has 0 aromatic rings. The molecule has 0 aliphatic heterocycles. The van der Waals surface area contributed by atoms with Gasteiger partial charge in [-0.15, -0.1) is 0 Å². The molecule has 0 heterocycles. The molecule has 2 saturated carbocycles. The highest BCUT2D eigenvalue weighted by Gasteiger charge is 2.61. The van der Waals surface area contributed by atoms with Crippen LogP contribution in [-0.2, 0) is 14.3 Å². The van der Waals surface area contributed by atoms with E-state index in [-0.39, 0.29) is 22.6 Å². The number of hydrogen-bond donors (Lipinski definition) is 0. The monoisotopic (exact) mass is 274 g/mol. The Balaban J connectivity index is 2.21. The Morgan fingerprint density at radius 2 is 1.73 bits per heavy atom. The molecule has 2 rings (SSSR count). The van der Waals surface area contributed by atoms with Gasteiger partial charge >= 0.3 is 5.97 Å². The van der Waals surface area contributed by atoms with Crippen LogP contribution in [0.2, 0.25) is 0 Å². The molecule has 4 heteroatoms. The summed E-state index contributed by atoms with van der Waals surface area (Å²) < 4.78 is 4.85. The summed E-state index contributed by atoms with van der Waals surface area (Å²) in [7, 11) is 1.43. The number of ether oxygens (including phenoxy) is 1. The topological polar surface area (TPSA) is 43.4 Å². The number of halogens is 1. The first-order valence-corrected chi connectivity index (χ1v) is 6.38. The van der Waals surface area contributed by atoms with Crippen molar-refractivity contribution in [1.82, 2.24) is 0 Å². The summed E-state index contributed by atoms with van der Waals surface area (Å²) in [4.78, 5) is 23.5. The van der Waals surface area contributed by atoms with E-state index in [9.17, 15) is 9.59 Å². The van der Waals surface area contributed by atoms with Gasteiger partial charge in [0, 0.05) is 5.41 Å². The highest BCUT2D eigenvalue weighted by atomic mass is 79.9. The van der Waals surface area contributed by atoms with E-state index >= 15 is 0 Å². The van der Waals surface area contributed by atoms with Crippen LogP contribution in [0, 0.1) is 10.8 Å². The Morgan fingerprint density at radius 1 is 1.20 bits per heavy atom. The standard InChI is InChI=1S/C11H15BrO3/c1-15-9(14)11-4-2-10(7-11,3-5-11)8(13)6-12/h2-7H2,1H3. The smallest absolute Gasteiger partial charge is 0.311 e. The maximum Gasteiger partial charge on any atom is 0.311 e. The maximum atomic E-state index is 11.8. The first-order chi connectivity index (χ1) is 7.08. The maximum absolute atomic E-state index is 11.8. The average Bonchev–Trinajstić information content (AvgIpc) is 2.85. The van der Waals surface area contributed by atoms with Gasteiger partial charge in [0.15, 0.2) is 0 Å². The first-order valence-electron chi connectivity index (χ1n) is 5.26. The predicted octanol–water partition coefficient (Wildman–Crippen LogP) is 2.07. The number of Topliss-reactive ketones (excluding diaryl/α,β-unsaturated/α-hetero) is 1. The molecule has 0 spiro atoms. The second-order valence-electron chi connectivity index (χ2n) is 4.79. The largest absolute Gasteiger partial charge is 0.469 e. The highest BCUT2D eigenvalue weighted by molar-refractivity contribution is 9.09. The van der Waals surface area contributed by atoms with Gasteiger partial charge in [-0.2, -0.15) is 0 Å². The second-order valence-corrected chi connectivity index (χ2v) is 5.35. The number of rotatable bonds is 3. The fourth-order valence-corrected chi connectivity index (χ4v) is 3.82. The summed E-state index contributed by atoms with van der Waals surface area (Å²) in [5, 5.41) is 0.407. The summed E-state index contributed by atoms with van der Waals surface area (Å²) in [5.74, 6) is 0.134. The Morgan fingerprint density at radius 3 is 2.20 bits per heavy atom. The summed E-state index contributed by atoms with van der Waals surface area (Å²) in [5.41, 5.74) is -0.565. The SMILES string of the molecule is COC(=O)C12CCC(C(=O)CBr)(CC1)C2. The van der Waals surface area contributed by atoms with Gasteiger partial charge in [-0.1, -0.05) is 15.9 Å². The third-order valence-corrected chi connectivity index (χ3v) is 4.68. The fourth-order valence-electron chi connectivity index (χ4n) is 3.22. The van der Waals surface area contributed by atoms with E-state index in [1.165, 1.54) is 7.11 Å². The van der Waals surface area contributed by atoms with Gasteiger partial charge < -0.3 is 4.74 Å². The lowest BCUT2D eigenvalue weighted by atomic mass is 9.80. The van der Waals surface area contributed by atoms with Gasteiger partial charge in [0.25, 0.3) is 0 Å². The minimum Gasteiger partial charge on any atom is -0.469 e. The van der Waals surface area contributed by atoms with Gasteiger partial charge in [-0.05, 0) is 32.1 Å². The zero-order valence-electron chi connectivity index (χ0n) is 8.85. The molecule has 0 saturated heterocycles. The minimum absolute atomic E-state index is 0.121. The lowest BCUT2D eigenvalue weighted by Crippen LogP contribution is -2.27. The number of ketones is 1. The predicted molar refractivity (Wildman–Crippen MR) is 58.8 cm³/mol. The lowest BCUT2D eigenvalue weighted by molar-refractivity contribution is -0.152. The molecule has 2 aliphatic rings. The fraction of sp³-hybridized carbons (Fsp3) is 0.818. The van der Waals surface area contributed by atoms with Crippen molar-refractivity contribution in [3.63, 3.8) is 0 Å². The zero-order valence-corrected chi connectivity index (χ0v) is 10.4. The molecule has 0 aromatic carbocycles. The van der Waals surface area contributed by atoms with Crippen molar-refractivity contribution >= 4 is 27.7 Å². The van der Waals surface area contributed by atoms with Crippen LogP contribution in [0.5, 0.6) is 0 Å². The lowest BCUT2D eigenvalue weighted by Gasteiger charge is -2.24. The van der Waals surface area contributed by atoms with Crippen LogP contribution in [0.4, 0.5) is 0 Å². The Bertz CT molecular complexity index is 273. The van der Waals surface area contributed by atoms with Crippen molar-refractivity contribution in [2.24, 2.45) is 10.8 Å². The van der Waals surface area contributed by atoms with Crippen molar-refractivity contribution in [2.75, 3.05) is 12.4 Å². The molecule has 0 unspecified atom stereocenters. The summed E-state index contributed by atoms with van der Waals surface area (Å²) in [6.07, 6.45) is 4.05. The van der Waals surface area contributed by atoms with Crippen LogP contribution in [0.15, 0.2) is 0 Å². The third-order valence-electron chi connectivity index (χ3n) is 4.17. The number of fused-ring (bicyclic) bond motifs is 2. The van der Waals surface area contributed by atoms with Gasteiger partial charge in [0.1, 0.15) is 5.78 Å². The van der Waals surface area contributed by atoms with E-state index in [1.807, 2.05) is 0 Å². The van der Waals surface area contributed by atoms with Crippen molar-refractivity contribution < 1.29 is 14.3 Å². The molecule has 0 amide bonds. The Kier molecular flexibility index (Phi) is 2.65. The Labute approximate surface area is 97.7 Å².